The molecular formula is C21H26ClNO4S2. The zero-order valence-corrected chi connectivity index (χ0v) is 18.5. The molecule has 5 nitrogen and oxygen atoms in total. The van der Waals surface area contributed by atoms with Crippen molar-refractivity contribution in [2.24, 2.45) is 5.92 Å². The highest BCUT2D eigenvalue weighted by Crippen LogP contribution is 2.36. The zero-order chi connectivity index (χ0) is 20.9. The number of carboxylic acid groups (broad SMARTS) is 1. The van der Waals surface area contributed by atoms with E-state index in [9.17, 15) is 13.2 Å². The van der Waals surface area contributed by atoms with Gasteiger partial charge in [-0.15, -0.1) is 11.3 Å². The third-order valence-corrected chi connectivity index (χ3v) is 8.06. The standard InChI is InChI=1S/C21H26ClNO4S2/c22-16-9-12-18(13-10-16)29(26,27)23-19(5-1-3-15-7-8-15)20-14-11-17(28-20)4-2-6-21(24)25/h9-15,19,23H,1-8H2,(H,24,25). The summed E-state index contributed by atoms with van der Waals surface area (Å²) in [6, 6.07) is 9.83. The van der Waals surface area contributed by atoms with Gasteiger partial charge < -0.3 is 5.11 Å². The van der Waals surface area contributed by atoms with E-state index in [1.54, 1.807) is 23.5 Å². The van der Waals surface area contributed by atoms with Crippen LogP contribution in [0.4, 0.5) is 0 Å². The van der Waals surface area contributed by atoms with Crippen molar-refractivity contribution in [3.05, 3.63) is 51.2 Å². The van der Waals surface area contributed by atoms with E-state index in [2.05, 4.69) is 4.72 Å². The summed E-state index contributed by atoms with van der Waals surface area (Å²) in [4.78, 5) is 13.0. The number of hydrogen-bond donors (Lipinski definition) is 2. The number of hydrogen-bond acceptors (Lipinski definition) is 4. The van der Waals surface area contributed by atoms with Crippen molar-refractivity contribution in [2.45, 2.75) is 62.3 Å². The molecular weight excluding hydrogens is 430 g/mol. The van der Waals surface area contributed by atoms with Gasteiger partial charge in [0.2, 0.25) is 10.0 Å². The number of halogens is 1. The van der Waals surface area contributed by atoms with Crippen LogP contribution in [0.5, 0.6) is 0 Å². The van der Waals surface area contributed by atoms with Gasteiger partial charge in [0.1, 0.15) is 0 Å². The molecule has 1 fully saturated rings. The minimum Gasteiger partial charge on any atom is -0.481 e. The number of sulfonamides is 1. The van der Waals surface area contributed by atoms with Crippen molar-refractivity contribution >= 4 is 38.9 Å². The molecule has 1 aromatic carbocycles. The Hall–Kier alpha value is -1.41. The minimum atomic E-state index is -3.66. The molecule has 0 aliphatic heterocycles. The van der Waals surface area contributed by atoms with E-state index >= 15 is 0 Å². The molecule has 0 amide bonds. The van der Waals surface area contributed by atoms with Crippen molar-refractivity contribution in [3.63, 3.8) is 0 Å². The lowest BCUT2D eigenvalue weighted by atomic mass is 10.1. The summed E-state index contributed by atoms with van der Waals surface area (Å²) in [6.07, 6.45) is 6.84. The molecule has 8 heteroatoms. The van der Waals surface area contributed by atoms with Crippen LogP contribution in [0.2, 0.25) is 5.02 Å². The summed E-state index contributed by atoms with van der Waals surface area (Å²) < 4.78 is 28.6. The quantitative estimate of drug-likeness (QED) is 0.448. The van der Waals surface area contributed by atoms with Crippen molar-refractivity contribution < 1.29 is 18.3 Å². The van der Waals surface area contributed by atoms with Crippen LogP contribution in [0.3, 0.4) is 0 Å². The summed E-state index contributed by atoms with van der Waals surface area (Å²) in [5.74, 6) is 0.00824. The Morgan fingerprint density at radius 1 is 1.17 bits per heavy atom. The Balaban J connectivity index is 1.70. The van der Waals surface area contributed by atoms with E-state index < -0.39 is 16.0 Å². The SMILES string of the molecule is O=C(O)CCCc1ccc(C(CCCC2CC2)NS(=O)(=O)c2ccc(Cl)cc2)s1. The maximum absolute atomic E-state index is 12.9. The van der Waals surface area contributed by atoms with Crippen LogP contribution >= 0.6 is 22.9 Å². The van der Waals surface area contributed by atoms with Crippen LogP contribution in [-0.2, 0) is 21.2 Å². The van der Waals surface area contributed by atoms with E-state index in [4.69, 9.17) is 16.7 Å². The molecule has 1 aliphatic rings. The molecule has 1 aliphatic carbocycles. The first-order chi connectivity index (χ1) is 13.8. The highest BCUT2D eigenvalue weighted by atomic mass is 35.5. The lowest BCUT2D eigenvalue weighted by Crippen LogP contribution is -2.28. The Morgan fingerprint density at radius 3 is 2.55 bits per heavy atom. The fourth-order valence-corrected chi connectivity index (χ4v) is 5.87. The number of rotatable bonds is 12. The maximum Gasteiger partial charge on any atom is 0.303 e. The van der Waals surface area contributed by atoms with Crippen LogP contribution in [0.15, 0.2) is 41.3 Å². The molecule has 1 heterocycles. The molecule has 3 rings (SSSR count). The van der Waals surface area contributed by atoms with Gasteiger partial charge in [0, 0.05) is 21.2 Å². The number of aryl methyl sites for hydroxylation is 1. The van der Waals surface area contributed by atoms with Crippen LogP contribution < -0.4 is 4.72 Å². The highest BCUT2D eigenvalue weighted by Gasteiger charge is 2.25. The second kappa shape index (κ2) is 10.1. The first-order valence-electron chi connectivity index (χ1n) is 9.92. The second-order valence-corrected chi connectivity index (χ2v) is 10.9. The van der Waals surface area contributed by atoms with Gasteiger partial charge in [-0.05, 0) is 61.6 Å². The largest absolute Gasteiger partial charge is 0.481 e. The Labute approximate surface area is 181 Å². The summed E-state index contributed by atoms with van der Waals surface area (Å²) in [7, 11) is -3.66. The van der Waals surface area contributed by atoms with Gasteiger partial charge in [-0.1, -0.05) is 37.3 Å². The maximum atomic E-state index is 12.9. The Kier molecular flexibility index (Phi) is 7.73. The Bertz CT molecular complexity index is 920. The number of aliphatic carboxylic acids is 1. The van der Waals surface area contributed by atoms with Gasteiger partial charge in [0.05, 0.1) is 10.9 Å². The molecule has 2 aromatic rings. The van der Waals surface area contributed by atoms with Crippen LogP contribution in [0.25, 0.3) is 0 Å². The van der Waals surface area contributed by atoms with E-state index in [1.807, 2.05) is 12.1 Å². The molecule has 2 N–H and O–H groups in total. The molecule has 158 valence electrons. The molecule has 1 aromatic heterocycles. The molecule has 0 radical (unpaired) electrons. The van der Waals surface area contributed by atoms with E-state index in [1.165, 1.54) is 25.0 Å². The van der Waals surface area contributed by atoms with E-state index in [0.717, 1.165) is 34.9 Å². The molecule has 29 heavy (non-hydrogen) atoms. The van der Waals surface area contributed by atoms with Gasteiger partial charge in [0.15, 0.2) is 0 Å². The molecule has 0 bridgehead atoms. The van der Waals surface area contributed by atoms with Gasteiger partial charge in [0.25, 0.3) is 0 Å². The average molecular weight is 456 g/mol. The van der Waals surface area contributed by atoms with E-state index in [-0.39, 0.29) is 17.4 Å². The highest BCUT2D eigenvalue weighted by molar-refractivity contribution is 7.89. The lowest BCUT2D eigenvalue weighted by Gasteiger charge is -2.18. The molecule has 1 saturated carbocycles. The number of carboxylic acids is 1. The zero-order valence-electron chi connectivity index (χ0n) is 16.1. The van der Waals surface area contributed by atoms with Gasteiger partial charge in [-0.25, -0.2) is 13.1 Å². The van der Waals surface area contributed by atoms with Crippen molar-refractivity contribution in [1.82, 2.24) is 4.72 Å². The van der Waals surface area contributed by atoms with Gasteiger partial charge in [-0.3, -0.25) is 4.79 Å². The summed E-state index contributed by atoms with van der Waals surface area (Å²) in [5, 5.41) is 9.30. The third-order valence-electron chi connectivity index (χ3n) is 5.06. The normalized spacial score (nSPS) is 15.3. The number of benzene rings is 1. The topological polar surface area (TPSA) is 83.5 Å². The predicted octanol–water partition coefficient (Wildman–Crippen LogP) is 5.41. The lowest BCUT2D eigenvalue weighted by molar-refractivity contribution is -0.137. The fraction of sp³-hybridized carbons (Fsp3) is 0.476. The number of thiophene rings is 1. The number of carbonyl (C=O) groups is 1. The number of nitrogens with one attached hydrogen (secondary N) is 1. The monoisotopic (exact) mass is 455 g/mol. The van der Waals surface area contributed by atoms with Crippen LogP contribution in [0, 0.1) is 5.92 Å². The van der Waals surface area contributed by atoms with Crippen LogP contribution in [-0.4, -0.2) is 19.5 Å². The smallest absolute Gasteiger partial charge is 0.303 e. The average Bonchev–Trinajstić information content (AvgIpc) is 3.36. The Morgan fingerprint density at radius 2 is 1.90 bits per heavy atom. The van der Waals surface area contributed by atoms with Crippen molar-refractivity contribution in [2.75, 3.05) is 0 Å². The fourth-order valence-electron chi connectivity index (χ4n) is 3.28. The van der Waals surface area contributed by atoms with E-state index in [0.29, 0.717) is 17.9 Å². The van der Waals surface area contributed by atoms with Crippen molar-refractivity contribution in [1.29, 1.82) is 0 Å². The summed E-state index contributed by atoms with van der Waals surface area (Å²) in [5.41, 5.74) is 0. The molecule has 1 atom stereocenters. The second-order valence-electron chi connectivity index (χ2n) is 7.55. The first kappa shape index (κ1) is 22.3. The molecule has 0 saturated heterocycles. The first-order valence-corrected chi connectivity index (χ1v) is 12.6. The molecule has 0 spiro atoms. The minimum absolute atomic E-state index is 0.140. The van der Waals surface area contributed by atoms with Crippen molar-refractivity contribution in [3.8, 4) is 0 Å². The summed E-state index contributed by atoms with van der Waals surface area (Å²) >= 11 is 7.45. The van der Waals surface area contributed by atoms with Gasteiger partial charge >= 0.3 is 5.97 Å². The third kappa shape index (κ3) is 7.10. The summed E-state index contributed by atoms with van der Waals surface area (Å²) in [6.45, 7) is 0. The van der Waals surface area contributed by atoms with Gasteiger partial charge in [-0.2, -0.15) is 0 Å². The predicted molar refractivity (Wildman–Crippen MR) is 116 cm³/mol. The van der Waals surface area contributed by atoms with Crippen LogP contribution in [0.1, 0.15) is 60.7 Å². The molecule has 1 unspecified atom stereocenters.